The maximum Gasteiger partial charge on any atom is 0.280 e. The van der Waals surface area contributed by atoms with Crippen LogP contribution < -0.4 is 5.43 Å². The van der Waals surface area contributed by atoms with Gasteiger partial charge in [-0.25, -0.2) is 0 Å². The molecule has 2 heterocycles. The Kier molecular flexibility index (Phi) is 6.09. The highest BCUT2D eigenvalue weighted by Gasteiger charge is 2.14. The highest BCUT2D eigenvalue weighted by molar-refractivity contribution is 6.42. The number of carbonyl (C=O) groups is 1. The molecule has 160 valence electrons. The summed E-state index contributed by atoms with van der Waals surface area (Å²) in [7, 11) is 0. The van der Waals surface area contributed by atoms with Gasteiger partial charge >= 0.3 is 0 Å². The molecule has 4 aromatic rings. The molecule has 7 heteroatoms. The summed E-state index contributed by atoms with van der Waals surface area (Å²) < 4.78 is 3.73. The maximum absolute atomic E-state index is 12.8. The molecule has 0 radical (unpaired) electrons. The third-order valence-corrected chi connectivity index (χ3v) is 6.04. The van der Waals surface area contributed by atoms with E-state index in [-0.39, 0.29) is 5.57 Å². The van der Waals surface area contributed by atoms with E-state index in [1.54, 1.807) is 16.8 Å². The molecule has 0 saturated carbocycles. The number of hydrogen-bond acceptors (Lipinski definition) is 2. The van der Waals surface area contributed by atoms with Gasteiger partial charge in [-0.2, -0.15) is 5.26 Å². The molecular weight excluding hydrogens is 443 g/mol. The minimum atomic E-state index is -0.462. The number of fused-ring (bicyclic) bond motifs is 1. The Morgan fingerprint density at radius 3 is 2.47 bits per heavy atom. The lowest BCUT2D eigenvalue weighted by Gasteiger charge is -2.10. The Bertz CT molecular complexity index is 1390. The minimum Gasteiger partial charge on any atom is -0.342 e. The van der Waals surface area contributed by atoms with E-state index < -0.39 is 5.91 Å². The van der Waals surface area contributed by atoms with Gasteiger partial charge in [0.15, 0.2) is 0 Å². The summed E-state index contributed by atoms with van der Waals surface area (Å²) in [6.07, 6.45) is 3.56. The zero-order chi connectivity index (χ0) is 22.8. The molecule has 0 unspecified atom stereocenters. The van der Waals surface area contributed by atoms with Gasteiger partial charge in [-0.15, -0.1) is 0 Å². The number of amides is 1. The quantitative estimate of drug-likeness (QED) is 0.288. The summed E-state index contributed by atoms with van der Waals surface area (Å²) in [6, 6.07) is 19.2. The fourth-order valence-electron chi connectivity index (χ4n) is 3.67. The Balaban J connectivity index is 1.70. The van der Waals surface area contributed by atoms with Crippen molar-refractivity contribution in [2.45, 2.75) is 20.4 Å². The van der Waals surface area contributed by atoms with E-state index in [4.69, 9.17) is 23.2 Å². The summed E-state index contributed by atoms with van der Waals surface area (Å²) in [6.45, 7) is 4.35. The highest BCUT2D eigenvalue weighted by atomic mass is 35.5. The van der Waals surface area contributed by atoms with Crippen molar-refractivity contribution in [3.8, 4) is 6.07 Å². The van der Waals surface area contributed by atoms with Gasteiger partial charge in [-0.1, -0.05) is 47.5 Å². The lowest BCUT2D eigenvalue weighted by atomic mass is 10.1. The van der Waals surface area contributed by atoms with E-state index in [1.165, 1.54) is 0 Å². The molecule has 0 bridgehead atoms. The van der Waals surface area contributed by atoms with E-state index >= 15 is 0 Å². The molecule has 32 heavy (non-hydrogen) atoms. The number of carbonyl (C=O) groups excluding carboxylic acids is 1. The zero-order valence-corrected chi connectivity index (χ0v) is 19.1. The fourth-order valence-corrected chi connectivity index (χ4v) is 3.99. The summed E-state index contributed by atoms with van der Waals surface area (Å²) >= 11 is 12.2. The summed E-state index contributed by atoms with van der Waals surface area (Å²) in [5.41, 5.74) is 7.34. The van der Waals surface area contributed by atoms with Gasteiger partial charge in [0.2, 0.25) is 0 Å². The van der Waals surface area contributed by atoms with Crippen molar-refractivity contribution in [3.63, 3.8) is 0 Å². The largest absolute Gasteiger partial charge is 0.342 e. The molecule has 0 spiro atoms. The first kappa shape index (κ1) is 21.8. The molecule has 0 fully saturated rings. The van der Waals surface area contributed by atoms with Crippen molar-refractivity contribution >= 4 is 46.1 Å². The first-order valence-corrected chi connectivity index (χ1v) is 10.7. The minimum absolute atomic E-state index is 0.0231. The van der Waals surface area contributed by atoms with Crippen LogP contribution in [0.3, 0.4) is 0 Å². The van der Waals surface area contributed by atoms with Crippen molar-refractivity contribution in [3.05, 3.63) is 98.9 Å². The SMILES string of the molecule is Cc1ccc(C)n1NC(=O)/C(C#N)=C/c1cn(Cc2ccc(Cl)c(Cl)c2)c2ccccc12. The third-order valence-electron chi connectivity index (χ3n) is 5.31. The topological polar surface area (TPSA) is 62.8 Å². The highest BCUT2D eigenvalue weighted by Crippen LogP contribution is 2.27. The van der Waals surface area contributed by atoms with Gasteiger partial charge in [-0.05, 0) is 55.8 Å². The Morgan fingerprint density at radius 2 is 1.78 bits per heavy atom. The number of aryl methyl sites for hydroxylation is 2. The first-order valence-electron chi connectivity index (χ1n) is 9.97. The Labute approximate surface area is 196 Å². The van der Waals surface area contributed by atoms with E-state index in [2.05, 4.69) is 9.99 Å². The van der Waals surface area contributed by atoms with Gasteiger partial charge in [0.1, 0.15) is 11.6 Å². The van der Waals surface area contributed by atoms with E-state index in [1.807, 2.05) is 74.6 Å². The van der Waals surface area contributed by atoms with Crippen LogP contribution in [0.2, 0.25) is 10.0 Å². The van der Waals surface area contributed by atoms with Gasteiger partial charge in [-0.3, -0.25) is 14.9 Å². The van der Waals surface area contributed by atoms with Crippen molar-refractivity contribution in [2.75, 3.05) is 5.43 Å². The molecule has 2 aromatic carbocycles. The molecule has 0 aliphatic rings. The smallest absolute Gasteiger partial charge is 0.280 e. The van der Waals surface area contributed by atoms with Crippen molar-refractivity contribution in [1.29, 1.82) is 5.26 Å². The lowest BCUT2D eigenvalue weighted by molar-refractivity contribution is -0.113. The van der Waals surface area contributed by atoms with Gasteiger partial charge in [0, 0.05) is 40.6 Å². The second-order valence-corrected chi connectivity index (χ2v) is 8.35. The average Bonchev–Trinajstić information content (AvgIpc) is 3.29. The molecule has 1 N–H and O–H groups in total. The van der Waals surface area contributed by atoms with Crippen LogP contribution >= 0.6 is 23.2 Å². The van der Waals surface area contributed by atoms with Crippen molar-refractivity contribution in [2.24, 2.45) is 0 Å². The number of para-hydroxylation sites is 1. The van der Waals surface area contributed by atoms with Gasteiger partial charge in [0.05, 0.1) is 10.0 Å². The molecule has 0 aliphatic heterocycles. The molecule has 0 saturated heterocycles. The van der Waals surface area contributed by atoms with E-state index in [0.29, 0.717) is 16.6 Å². The molecule has 4 rings (SSSR count). The van der Waals surface area contributed by atoms with E-state index in [9.17, 15) is 10.1 Å². The third kappa shape index (κ3) is 4.29. The molecule has 2 aromatic heterocycles. The number of aromatic nitrogens is 2. The van der Waals surface area contributed by atoms with Crippen LogP contribution in [0.15, 0.2) is 66.4 Å². The number of hydrogen-bond donors (Lipinski definition) is 1. The Morgan fingerprint density at radius 1 is 1.06 bits per heavy atom. The zero-order valence-electron chi connectivity index (χ0n) is 17.6. The predicted molar refractivity (Wildman–Crippen MR) is 129 cm³/mol. The normalized spacial score (nSPS) is 11.5. The van der Waals surface area contributed by atoms with Gasteiger partial charge < -0.3 is 4.57 Å². The monoisotopic (exact) mass is 462 g/mol. The van der Waals surface area contributed by atoms with Crippen LogP contribution in [-0.4, -0.2) is 15.2 Å². The van der Waals surface area contributed by atoms with Crippen LogP contribution in [0, 0.1) is 25.2 Å². The number of rotatable bonds is 5. The number of halogens is 2. The van der Waals surface area contributed by atoms with E-state index in [0.717, 1.165) is 33.4 Å². The second-order valence-electron chi connectivity index (χ2n) is 7.54. The average molecular weight is 463 g/mol. The van der Waals surface area contributed by atoms with Crippen LogP contribution in [0.25, 0.3) is 17.0 Å². The fraction of sp³-hybridized carbons (Fsp3) is 0.120. The second kappa shape index (κ2) is 8.96. The van der Waals surface area contributed by atoms with Gasteiger partial charge in [0.25, 0.3) is 5.91 Å². The molecule has 0 atom stereocenters. The van der Waals surface area contributed by atoms with Crippen LogP contribution in [0.5, 0.6) is 0 Å². The van der Waals surface area contributed by atoms with Crippen LogP contribution in [0.4, 0.5) is 0 Å². The Hall–Kier alpha value is -3.46. The lowest BCUT2D eigenvalue weighted by Crippen LogP contribution is -2.25. The van der Waals surface area contributed by atoms with Crippen molar-refractivity contribution in [1.82, 2.24) is 9.24 Å². The number of nitriles is 1. The molecule has 0 aliphatic carbocycles. The maximum atomic E-state index is 12.8. The number of nitrogens with zero attached hydrogens (tertiary/aromatic N) is 3. The number of nitrogens with one attached hydrogen (secondary N) is 1. The first-order chi connectivity index (χ1) is 15.4. The molecule has 1 amide bonds. The van der Waals surface area contributed by atoms with Crippen LogP contribution in [-0.2, 0) is 11.3 Å². The summed E-state index contributed by atoms with van der Waals surface area (Å²) in [5, 5.41) is 11.6. The summed E-state index contributed by atoms with van der Waals surface area (Å²) in [5.74, 6) is -0.462. The standard InChI is InChI=1S/C25H20Cl2N4O/c1-16-7-8-17(2)31(16)29-25(32)19(13-28)12-20-15-30(24-6-4-3-5-21(20)24)14-18-9-10-22(26)23(27)11-18/h3-12,15H,14H2,1-2H3,(H,29,32)/b19-12+. The predicted octanol–water partition coefficient (Wildman–Crippen LogP) is 6.09. The molecule has 5 nitrogen and oxygen atoms in total. The molecular formula is C25H20Cl2N4O. The van der Waals surface area contributed by atoms with Crippen molar-refractivity contribution < 1.29 is 4.79 Å². The summed E-state index contributed by atoms with van der Waals surface area (Å²) in [4.78, 5) is 12.8. The van der Waals surface area contributed by atoms with Crippen LogP contribution in [0.1, 0.15) is 22.5 Å². The number of benzene rings is 2.